The Kier molecular flexibility index (Phi) is 2.27. The fourth-order valence-corrected chi connectivity index (χ4v) is 1.79. The molecule has 70 valence electrons. The second-order valence-corrected chi connectivity index (χ2v) is 3.54. The monoisotopic (exact) mass is 177 g/mol. The van der Waals surface area contributed by atoms with E-state index in [9.17, 15) is 0 Å². The van der Waals surface area contributed by atoms with Crippen LogP contribution in [0.15, 0.2) is 6.20 Å². The molecule has 2 rings (SSSR count). The summed E-state index contributed by atoms with van der Waals surface area (Å²) in [7, 11) is 0. The summed E-state index contributed by atoms with van der Waals surface area (Å²) in [5.41, 5.74) is 8.29. The molecule has 0 amide bonds. The molecule has 1 heterocycles. The SMILES string of the molecule is CCc1ncc2c(n1)CCCC2N. The largest absolute Gasteiger partial charge is 0.324 e. The van der Waals surface area contributed by atoms with Gasteiger partial charge in [-0.3, -0.25) is 0 Å². The second kappa shape index (κ2) is 3.42. The molecule has 0 radical (unpaired) electrons. The predicted molar refractivity (Wildman–Crippen MR) is 51.3 cm³/mol. The Hall–Kier alpha value is -0.960. The maximum atomic E-state index is 5.96. The Morgan fingerprint density at radius 3 is 3.23 bits per heavy atom. The quantitative estimate of drug-likeness (QED) is 0.705. The van der Waals surface area contributed by atoms with Gasteiger partial charge in [-0.2, -0.15) is 0 Å². The van der Waals surface area contributed by atoms with Gasteiger partial charge < -0.3 is 5.73 Å². The van der Waals surface area contributed by atoms with Crippen LogP contribution in [0.3, 0.4) is 0 Å². The van der Waals surface area contributed by atoms with Crippen LogP contribution in [-0.4, -0.2) is 9.97 Å². The molecule has 3 heteroatoms. The van der Waals surface area contributed by atoms with Crippen LogP contribution in [0.2, 0.25) is 0 Å². The molecular formula is C10H15N3. The Balaban J connectivity index is 2.39. The summed E-state index contributed by atoms with van der Waals surface area (Å²) in [5, 5.41) is 0. The normalized spacial score (nSPS) is 21.2. The van der Waals surface area contributed by atoms with E-state index in [1.54, 1.807) is 0 Å². The van der Waals surface area contributed by atoms with E-state index in [0.717, 1.165) is 37.1 Å². The van der Waals surface area contributed by atoms with Crippen molar-refractivity contribution < 1.29 is 0 Å². The molecule has 3 nitrogen and oxygen atoms in total. The summed E-state index contributed by atoms with van der Waals surface area (Å²) in [6, 6.07) is 0.162. The molecule has 0 bridgehead atoms. The van der Waals surface area contributed by atoms with Gasteiger partial charge >= 0.3 is 0 Å². The second-order valence-electron chi connectivity index (χ2n) is 3.54. The molecule has 1 aromatic heterocycles. The van der Waals surface area contributed by atoms with Gasteiger partial charge in [0.15, 0.2) is 0 Å². The van der Waals surface area contributed by atoms with E-state index in [1.165, 1.54) is 5.69 Å². The van der Waals surface area contributed by atoms with Gasteiger partial charge in [-0.25, -0.2) is 9.97 Å². The van der Waals surface area contributed by atoms with Crippen molar-refractivity contribution >= 4 is 0 Å². The summed E-state index contributed by atoms with van der Waals surface area (Å²) < 4.78 is 0. The molecule has 0 fully saturated rings. The molecule has 1 aliphatic carbocycles. The van der Waals surface area contributed by atoms with E-state index in [1.807, 2.05) is 6.20 Å². The molecule has 0 aliphatic heterocycles. The zero-order valence-electron chi connectivity index (χ0n) is 7.95. The van der Waals surface area contributed by atoms with Crippen molar-refractivity contribution in [1.82, 2.24) is 9.97 Å². The van der Waals surface area contributed by atoms with Crippen molar-refractivity contribution in [2.45, 2.75) is 38.6 Å². The molecule has 1 atom stereocenters. The third kappa shape index (κ3) is 1.56. The molecule has 0 aromatic carbocycles. The highest BCUT2D eigenvalue weighted by Crippen LogP contribution is 2.25. The summed E-state index contributed by atoms with van der Waals surface area (Å²) in [5.74, 6) is 0.938. The molecule has 1 aromatic rings. The maximum Gasteiger partial charge on any atom is 0.128 e. The topological polar surface area (TPSA) is 51.8 Å². The summed E-state index contributed by atoms with van der Waals surface area (Å²) in [6.45, 7) is 2.07. The summed E-state index contributed by atoms with van der Waals surface area (Å²) in [6.07, 6.45) is 6.11. The van der Waals surface area contributed by atoms with E-state index in [-0.39, 0.29) is 6.04 Å². The number of hydrogen-bond acceptors (Lipinski definition) is 3. The van der Waals surface area contributed by atoms with E-state index in [4.69, 9.17) is 5.73 Å². The average molecular weight is 177 g/mol. The molecule has 2 N–H and O–H groups in total. The third-order valence-electron chi connectivity index (χ3n) is 2.59. The maximum absolute atomic E-state index is 5.96. The number of rotatable bonds is 1. The number of aromatic nitrogens is 2. The van der Waals surface area contributed by atoms with Crippen molar-refractivity contribution in [2.24, 2.45) is 5.73 Å². The van der Waals surface area contributed by atoms with Gasteiger partial charge in [0.2, 0.25) is 0 Å². The van der Waals surface area contributed by atoms with Crippen LogP contribution in [0.4, 0.5) is 0 Å². The van der Waals surface area contributed by atoms with Crippen LogP contribution in [0.1, 0.15) is 42.9 Å². The van der Waals surface area contributed by atoms with Crippen molar-refractivity contribution in [3.8, 4) is 0 Å². The Morgan fingerprint density at radius 1 is 1.62 bits per heavy atom. The molecule has 0 saturated carbocycles. The number of aryl methyl sites for hydroxylation is 2. The first-order chi connectivity index (χ1) is 6.31. The summed E-state index contributed by atoms with van der Waals surface area (Å²) >= 11 is 0. The third-order valence-corrected chi connectivity index (χ3v) is 2.59. The highest BCUT2D eigenvalue weighted by Gasteiger charge is 2.18. The first kappa shape index (κ1) is 8.63. The molecule has 0 saturated heterocycles. The number of nitrogens with two attached hydrogens (primary N) is 1. The van der Waals surface area contributed by atoms with Crippen LogP contribution in [-0.2, 0) is 12.8 Å². The Morgan fingerprint density at radius 2 is 2.46 bits per heavy atom. The van der Waals surface area contributed by atoms with Crippen LogP contribution in [0.5, 0.6) is 0 Å². The Bertz CT molecular complexity index is 309. The zero-order chi connectivity index (χ0) is 9.26. The highest BCUT2D eigenvalue weighted by atomic mass is 14.9. The van der Waals surface area contributed by atoms with Crippen molar-refractivity contribution in [3.05, 3.63) is 23.3 Å². The van der Waals surface area contributed by atoms with Crippen LogP contribution in [0.25, 0.3) is 0 Å². The number of fused-ring (bicyclic) bond motifs is 1. The minimum absolute atomic E-state index is 0.162. The molecule has 0 spiro atoms. The molecular weight excluding hydrogens is 162 g/mol. The lowest BCUT2D eigenvalue weighted by molar-refractivity contribution is 0.553. The minimum Gasteiger partial charge on any atom is -0.324 e. The van der Waals surface area contributed by atoms with Crippen LogP contribution in [0, 0.1) is 0 Å². The minimum atomic E-state index is 0.162. The van der Waals surface area contributed by atoms with E-state index >= 15 is 0 Å². The van der Waals surface area contributed by atoms with Crippen LogP contribution < -0.4 is 5.73 Å². The first-order valence-electron chi connectivity index (χ1n) is 4.91. The van der Waals surface area contributed by atoms with Crippen molar-refractivity contribution in [1.29, 1.82) is 0 Å². The molecule has 13 heavy (non-hydrogen) atoms. The average Bonchev–Trinajstić information content (AvgIpc) is 2.18. The van der Waals surface area contributed by atoms with E-state index in [2.05, 4.69) is 16.9 Å². The lowest BCUT2D eigenvalue weighted by Gasteiger charge is -2.20. The molecule has 1 aliphatic rings. The predicted octanol–water partition coefficient (Wildman–Crippen LogP) is 1.38. The van der Waals surface area contributed by atoms with Crippen molar-refractivity contribution in [2.75, 3.05) is 0 Å². The lowest BCUT2D eigenvalue weighted by Crippen LogP contribution is -2.19. The zero-order valence-corrected chi connectivity index (χ0v) is 7.95. The van der Waals surface area contributed by atoms with Gasteiger partial charge in [0.25, 0.3) is 0 Å². The van der Waals surface area contributed by atoms with Gasteiger partial charge in [0.05, 0.1) is 0 Å². The highest BCUT2D eigenvalue weighted by molar-refractivity contribution is 5.23. The molecule has 1 unspecified atom stereocenters. The van der Waals surface area contributed by atoms with Gasteiger partial charge in [-0.15, -0.1) is 0 Å². The summed E-state index contributed by atoms with van der Waals surface area (Å²) in [4.78, 5) is 8.76. The first-order valence-corrected chi connectivity index (χ1v) is 4.91. The standard InChI is InChI=1S/C10H15N3/c1-2-10-12-6-7-8(11)4-3-5-9(7)13-10/h6,8H,2-5,11H2,1H3. The van der Waals surface area contributed by atoms with Crippen LogP contribution >= 0.6 is 0 Å². The van der Waals surface area contributed by atoms with Gasteiger partial charge in [0, 0.05) is 29.9 Å². The number of nitrogens with zero attached hydrogens (tertiary/aromatic N) is 2. The fraction of sp³-hybridized carbons (Fsp3) is 0.600. The van der Waals surface area contributed by atoms with Crippen molar-refractivity contribution in [3.63, 3.8) is 0 Å². The van der Waals surface area contributed by atoms with E-state index in [0.29, 0.717) is 0 Å². The van der Waals surface area contributed by atoms with Gasteiger partial charge in [-0.1, -0.05) is 6.92 Å². The fourth-order valence-electron chi connectivity index (χ4n) is 1.79. The van der Waals surface area contributed by atoms with Gasteiger partial charge in [0.1, 0.15) is 5.82 Å². The number of hydrogen-bond donors (Lipinski definition) is 1. The van der Waals surface area contributed by atoms with Gasteiger partial charge in [-0.05, 0) is 19.3 Å². The Labute approximate surface area is 78.4 Å². The van der Waals surface area contributed by atoms with E-state index < -0.39 is 0 Å². The lowest BCUT2D eigenvalue weighted by atomic mass is 9.93. The smallest absolute Gasteiger partial charge is 0.128 e.